The standard InChI is InChI=1S/C13H25NO2/c1-10(8-12(9-14)13(15)16)6-7-11-4-2-3-5-11/h10-12H,2-9,14H2,1H3,(H,15,16)/t10-,12+/m0/s1. The van der Waals surface area contributed by atoms with Gasteiger partial charge in [-0.25, -0.2) is 0 Å². The van der Waals surface area contributed by atoms with E-state index in [2.05, 4.69) is 6.92 Å². The maximum atomic E-state index is 10.8. The highest BCUT2D eigenvalue weighted by Crippen LogP contribution is 2.30. The van der Waals surface area contributed by atoms with Gasteiger partial charge in [0.25, 0.3) is 0 Å². The van der Waals surface area contributed by atoms with Crippen molar-refractivity contribution in [1.82, 2.24) is 0 Å². The van der Waals surface area contributed by atoms with Crippen molar-refractivity contribution in [2.75, 3.05) is 6.54 Å². The van der Waals surface area contributed by atoms with Gasteiger partial charge >= 0.3 is 5.97 Å². The van der Waals surface area contributed by atoms with E-state index in [0.29, 0.717) is 5.92 Å². The van der Waals surface area contributed by atoms with Crippen LogP contribution in [0.4, 0.5) is 0 Å². The number of hydrogen-bond donors (Lipinski definition) is 2. The fourth-order valence-electron chi connectivity index (χ4n) is 2.72. The van der Waals surface area contributed by atoms with Crippen LogP contribution in [-0.4, -0.2) is 17.6 Å². The molecular weight excluding hydrogens is 202 g/mol. The Morgan fingerprint density at radius 1 is 1.44 bits per heavy atom. The van der Waals surface area contributed by atoms with Crippen LogP contribution in [0.15, 0.2) is 0 Å². The number of carboxylic acid groups (broad SMARTS) is 1. The Hall–Kier alpha value is -0.570. The van der Waals surface area contributed by atoms with Gasteiger partial charge in [-0.1, -0.05) is 45.4 Å². The maximum absolute atomic E-state index is 10.8. The number of hydrogen-bond acceptors (Lipinski definition) is 2. The molecule has 0 unspecified atom stereocenters. The topological polar surface area (TPSA) is 63.3 Å². The molecule has 2 atom stereocenters. The summed E-state index contributed by atoms with van der Waals surface area (Å²) >= 11 is 0. The van der Waals surface area contributed by atoms with Gasteiger partial charge in [-0.2, -0.15) is 0 Å². The Bertz CT molecular complexity index is 212. The lowest BCUT2D eigenvalue weighted by atomic mass is 9.89. The van der Waals surface area contributed by atoms with E-state index < -0.39 is 5.97 Å². The van der Waals surface area contributed by atoms with Gasteiger partial charge in [-0.05, 0) is 18.3 Å². The third kappa shape index (κ3) is 4.52. The smallest absolute Gasteiger partial charge is 0.307 e. The molecule has 0 spiro atoms. The van der Waals surface area contributed by atoms with Gasteiger partial charge in [-0.15, -0.1) is 0 Å². The average molecular weight is 227 g/mol. The second-order valence-electron chi connectivity index (χ2n) is 5.34. The predicted molar refractivity (Wildman–Crippen MR) is 65.2 cm³/mol. The Balaban J connectivity index is 2.18. The summed E-state index contributed by atoms with van der Waals surface area (Å²) in [7, 11) is 0. The second kappa shape index (κ2) is 6.89. The van der Waals surface area contributed by atoms with Crippen molar-refractivity contribution in [1.29, 1.82) is 0 Å². The van der Waals surface area contributed by atoms with Crippen LogP contribution in [0.3, 0.4) is 0 Å². The number of nitrogens with two attached hydrogens (primary N) is 1. The fourth-order valence-corrected chi connectivity index (χ4v) is 2.72. The predicted octanol–water partition coefficient (Wildman–Crippen LogP) is 2.64. The maximum Gasteiger partial charge on any atom is 0.307 e. The molecule has 1 aliphatic rings. The van der Waals surface area contributed by atoms with E-state index in [1.54, 1.807) is 0 Å². The largest absolute Gasteiger partial charge is 0.481 e. The van der Waals surface area contributed by atoms with Crippen molar-refractivity contribution in [3.63, 3.8) is 0 Å². The van der Waals surface area contributed by atoms with E-state index in [0.717, 1.165) is 18.8 Å². The number of carboxylic acids is 1. The number of aliphatic carboxylic acids is 1. The molecule has 0 aromatic carbocycles. The molecule has 1 saturated carbocycles. The van der Waals surface area contributed by atoms with Gasteiger partial charge in [0.1, 0.15) is 0 Å². The van der Waals surface area contributed by atoms with Gasteiger partial charge < -0.3 is 10.8 Å². The molecule has 0 saturated heterocycles. The van der Waals surface area contributed by atoms with Crippen molar-refractivity contribution in [2.45, 2.75) is 51.9 Å². The third-order valence-electron chi connectivity index (χ3n) is 3.86. The molecule has 0 bridgehead atoms. The van der Waals surface area contributed by atoms with Crippen LogP contribution in [0.25, 0.3) is 0 Å². The van der Waals surface area contributed by atoms with Gasteiger partial charge in [-0.3, -0.25) is 4.79 Å². The SMILES string of the molecule is C[C@@H](CCC1CCCC1)C[C@H](CN)C(=O)O. The average Bonchev–Trinajstić information content (AvgIpc) is 2.75. The zero-order chi connectivity index (χ0) is 12.0. The first kappa shape index (κ1) is 13.5. The minimum Gasteiger partial charge on any atom is -0.481 e. The van der Waals surface area contributed by atoms with Gasteiger partial charge in [0.2, 0.25) is 0 Å². The van der Waals surface area contributed by atoms with Crippen molar-refractivity contribution in [2.24, 2.45) is 23.5 Å². The first-order valence-corrected chi connectivity index (χ1v) is 6.56. The van der Waals surface area contributed by atoms with E-state index in [1.165, 1.54) is 32.1 Å². The molecule has 1 aliphatic carbocycles. The molecule has 94 valence electrons. The molecule has 3 nitrogen and oxygen atoms in total. The van der Waals surface area contributed by atoms with Gasteiger partial charge in [0.05, 0.1) is 5.92 Å². The molecule has 0 aliphatic heterocycles. The fraction of sp³-hybridized carbons (Fsp3) is 0.923. The Morgan fingerprint density at radius 3 is 2.56 bits per heavy atom. The summed E-state index contributed by atoms with van der Waals surface area (Å²) in [6, 6.07) is 0. The summed E-state index contributed by atoms with van der Waals surface area (Å²) in [6.45, 7) is 2.42. The highest BCUT2D eigenvalue weighted by atomic mass is 16.4. The Kier molecular flexibility index (Phi) is 5.81. The van der Waals surface area contributed by atoms with Crippen LogP contribution in [0, 0.1) is 17.8 Å². The van der Waals surface area contributed by atoms with Crippen LogP contribution in [0.5, 0.6) is 0 Å². The lowest BCUT2D eigenvalue weighted by molar-refractivity contribution is -0.141. The van der Waals surface area contributed by atoms with E-state index >= 15 is 0 Å². The summed E-state index contributed by atoms with van der Waals surface area (Å²) in [6.07, 6.45) is 8.71. The van der Waals surface area contributed by atoms with Crippen LogP contribution >= 0.6 is 0 Å². The molecule has 0 aromatic rings. The monoisotopic (exact) mass is 227 g/mol. The van der Waals surface area contributed by atoms with E-state index in [4.69, 9.17) is 10.8 Å². The normalized spacial score (nSPS) is 20.9. The summed E-state index contributed by atoms with van der Waals surface area (Å²) in [5, 5.41) is 8.92. The molecule has 0 heterocycles. The van der Waals surface area contributed by atoms with Crippen LogP contribution in [0.2, 0.25) is 0 Å². The summed E-state index contributed by atoms with van der Waals surface area (Å²) in [5.41, 5.74) is 5.46. The highest BCUT2D eigenvalue weighted by Gasteiger charge is 2.20. The molecule has 1 rings (SSSR count). The number of rotatable bonds is 7. The molecule has 3 heteroatoms. The van der Waals surface area contributed by atoms with Gasteiger partial charge in [0.15, 0.2) is 0 Å². The summed E-state index contributed by atoms with van der Waals surface area (Å²) < 4.78 is 0. The Morgan fingerprint density at radius 2 is 2.06 bits per heavy atom. The third-order valence-corrected chi connectivity index (χ3v) is 3.86. The first-order chi connectivity index (χ1) is 7.63. The molecule has 3 N–H and O–H groups in total. The molecular formula is C13H25NO2. The van der Waals surface area contributed by atoms with E-state index in [9.17, 15) is 4.79 Å². The molecule has 16 heavy (non-hydrogen) atoms. The van der Waals surface area contributed by atoms with Crippen molar-refractivity contribution in [3.05, 3.63) is 0 Å². The zero-order valence-electron chi connectivity index (χ0n) is 10.3. The molecule has 0 amide bonds. The quantitative estimate of drug-likeness (QED) is 0.702. The lowest BCUT2D eigenvalue weighted by Crippen LogP contribution is -2.25. The first-order valence-electron chi connectivity index (χ1n) is 6.56. The molecule has 0 radical (unpaired) electrons. The Labute approximate surface area is 98.4 Å². The molecule has 0 aromatic heterocycles. The van der Waals surface area contributed by atoms with Crippen molar-refractivity contribution in [3.8, 4) is 0 Å². The molecule has 1 fully saturated rings. The van der Waals surface area contributed by atoms with Crippen LogP contribution in [0.1, 0.15) is 51.9 Å². The van der Waals surface area contributed by atoms with Crippen LogP contribution in [-0.2, 0) is 4.79 Å². The highest BCUT2D eigenvalue weighted by molar-refractivity contribution is 5.70. The van der Waals surface area contributed by atoms with Gasteiger partial charge in [0, 0.05) is 6.54 Å². The van der Waals surface area contributed by atoms with E-state index in [-0.39, 0.29) is 12.5 Å². The minimum absolute atomic E-state index is 0.267. The summed E-state index contributed by atoms with van der Waals surface area (Å²) in [5.74, 6) is 0.308. The summed E-state index contributed by atoms with van der Waals surface area (Å²) in [4.78, 5) is 10.8. The van der Waals surface area contributed by atoms with E-state index in [1.807, 2.05) is 0 Å². The second-order valence-corrected chi connectivity index (χ2v) is 5.34. The van der Waals surface area contributed by atoms with Crippen LogP contribution < -0.4 is 5.73 Å². The van der Waals surface area contributed by atoms with Crippen molar-refractivity contribution >= 4 is 5.97 Å². The zero-order valence-corrected chi connectivity index (χ0v) is 10.3. The number of carbonyl (C=O) groups is 1. The van der Waals surface area contributed by atoms with Crippen molar-refractivity contribution < 1.29 is 9.90 Å². The lowest BCUT2D eigenvalue weighted by Gasteiger charge is -2.17. The minimum atomic E-state index is -0.741.